The molecule has 0 fully saturated rings. The summed E-state index contributed by atoms with van der Waals surface area (Å²) in [6.45, 7) is 0. The average Bonchev–Trinajstić information content (AvgIpc) is 2.18. The fourth-order valence-electron chi connectivity index (χ4n) is 0.561. The summed E-state index contributed by atoms with van der Waals surface area (Å²) in [5.74, 6) is 0. The number of rotatable bonds is 1. The zero-order valence-electron chi connectivity index (χ0n) is 8.46. The van der Waals surface area contributed by atoms with E-state index in [-0.39, 0.29) is 0 Å². The van der Waals surface area contributed by atoms with Gasteiger partial charge in [-0.3, -0.25) is 14.1 Å². The summed E-state index contributed by atoms with van der Waals surface area (Å²) in [4.78, 5) is 32.5. The van der Waals surface area contributed by atoms with Gasteiger partial charge < -0.3 is 24.7 Å². The molecule has 1 aromatic rings. The molecule has 1 heterocycles. The monoisotopic (exact) mass is 285 g/mol. The maximum absolute atomic E-state index is 8.74. The minimum absolute atomic E-state index is 0.903. The summed E-state index contributed by atoms with van der Waals surface area (Å²) >= 11 is 0. The molecule has 0 aromatic carbocycles. The van der Waals surface area contributed by atoms with Crippen molar-refractivity contribution in [3.05, 3.63) is 36.4 Å². The molecule has 8 nitrogen and oxygen atoms in total. The van der Waals surface area contributed by atoms with Crippen molar-refractivity contribution in [2.24, 2.45) is 0 Å². The molecule has 0 radical (unpaired) electrons. The molecular formula is C7H13NO7P2. The molecule has 0 bridgehead atoms. The molecule has 1 aromatic heterocycles. The highest BCUT2D eigenvalue weighted by Crippen LogP contribution is 1.99. The van der Waals surface area contributed by atoms with E-state index < -0.39 is 16.5 Å². The lowest BCUT2D eigenvalue weighted by Gasteiger charge is -1.85. The Kier molecular flexibility index (Phi) is 14.1. The molecule has 0 aliphatic carbocycles. The minimum atomic E-state index is -3.13. The smallest absolute Gasteiger partial charge is 0.314 e. The van der Waals surface area contributed by atoms with Crippen LogP contribution in [0.4, 0.5) is 0 Å². The van der Waals surface area contributed by atoms with E-state index in [9.17, 15) is 0 Å². The number of aliphatic hydroxyl groups is 1. The molecule has 0 unspecified atom stereocenters. The van der Waals surface area contributed by atoms with Gasteiger partial charge in [0.25, 0.3) is 0 Å². The number of hydrogen-bond acceptors (Lipinski definition) is 4. The molecule has 0 saturated carbocycles. The molecule has 10 heteroatoms. The number of nitrogens with zero attached hydrogens (tertiary/aromatic N) is 1. The number of aromatic nitrogens is 1. The average molecular weight is 285 g/mol. The summed E-state index contributed by atoms with van der Waals surface area (Å²) in [6.07, 6.45) is 5.94. The molecule has 0 saturated heterocycles. The van der Waals surface area contributed by atoms with E-state index >= 15 is 0 Å². The van der Waals surface area contributed by atoms with Gasteiger partial charge in [-0.25, -0.2) is 0 Å². The number of pyridine rings is 1. The van der Waals surface area contributed by atoms with E-state index in [0.717, 1.165) is 11.8 Å². The van der Waals surface area contributed by atoms with Gasteiger partial charge in [-0.05, 0) is 17.7 Å². The van der Waals surface area contributed by atoms with Crippen LogP contribution in [-0.4, -0.2) is 29.7 Å². The molecule has 98 valence electrons. The molecule has 0 aliphatic heterocycles. The third-order valence-electron chi connectivity index (χ3n) is 0.951. The summed E-state index contributed by atoms with van der Waals surface area (Å²) < 4.78 is 17.5. The van der Waals surface area contributed by atoms with Crippen LogP contribution in [0, 0.1) is 0 Å². The molecule has 17 heavy (non-hydrogen) atoms. The van der Waals surface area contributed by atoms with Crippen LogP contribution in [0.2, 0.25) is 0 Å². The lowest BCUT2D eigenvalue weighted by molar-refractivity contribution is 0.403. The molecule has 1 rings (SSSR count). The van der Waals surface area contributed by atoms with Gasteiger partial charge in [0, 0.05) is 12.4 Å². The van der Waals surface area contributed by atoms with Gasteiger partial charge in [0.2, 0.25) is 0 Å². The quantitative estimate of drug-likeness (QED) is 0.366. The normalized spacial score (nSPS) is 9.53. The van der Waals surface area contributed by atoms with E-state index in [2.05, 4.69) is 4.98 Å². The zero-order chi connectivity index (χ0) is 13.7. The fourth-order valence-corrected chi connectivity index (χ4v) is 0.561. The lowest BCUT2D eigenvalue weighted by Crippen LogP contribution is -1.71. The standard InChI is InChI=1S/C7H7NO.2H3O3P/c9-5-3-7-2-1-4-8-6-7;2*1-4(2)3/h1-6,9H;2*4H,(H2,1,2,3). The van der Waals surface area contributed by atoms with Crippen LogP contribution in [0.3, 0.4) is 0 Å². The summed E-state index contributed by atoms with van der Waals surface area (Å²) in [7, 11) is -6.26. The van der Waals surface area contributed by atoms with Crippen molar-refractivity contribution in [2.75, 3.05) is 0 Å². The van der Waals surface area contributed by atoms with E-state index in [4.69, 9.17) is 33.8 Å². The van der Waals surface area contributed by atoms with Gasteiger partial charge in [0.1, 0.15) is 0 Å². The Labute approximate surface area is 98.4 Å². The highest BCUT2D eigenvalue weighted by atomic mass is 31.1. The molecule has 0 aliphatic rings. The van der Waals surface area contributed by atoms with E-state index in [1.165, 1.54) is 0 Å². The van der Waals surface area contributed by atoms with Gasteiger partial charge in [-0.2, -0.15) is 0 Å². The Hall–Kier alpha value is -1.01. The van der Waals surface area contributed by atoms with Crippen molar-refractivity contribution >= 4 is 22.6 Å². The van der Waals surface area contributed by atoms with Gasteiger partial charge in [-0.1, -0.05) is 6.07 Å². The first kappa shape index (κ1) is 18.4. The molecule has 5 N–H and O–H groups in total. The Morgan fingerprint density at radius 1 is 1.12 bits per heavy atom. The maximum Gasteiger partial charge on any atom is 0.314 e. The Bertz CT molecular complexity index is 336. The number of aliphatic hydroxyl groups excluding tert-OH is 1. The van der Waals surface area contributed by atoms with Crippen LogP contribution in [0.25, 0.3) is 6.08 Å². The summed E-state index contributed by atoms with van der Waals surface area (Å²) in [6, 6.07) is 3.68. The van der Waals surface area contributed by atoms with Crippen LogP contribution in [-0.2, 0) is 9.13 Å². The van der Waals surface area contributed by atoms with Gasteiger partial charge in [-0.15, -0.1) is 0 Å². The van der Waals surface area contributed by atoms with Crippen molar-refractivity contribution in [3.63, 3.8) is 0 Å². The molecule has 0 amide bonds. The zero-order valence-corrected chi connectivity index (χ0v) is 10.5. The first-order valence-corrected chi connectivity index (χ1v) is 6.55. The van der Waals surface area contributed by atoms with Crippen molar-refractivity contribution < 1.29 is 33.8 Å². The Balaban J connectivity index is 0. The van der Waals surface area contributed by atoms with Crippen LogP contribution < -0.4 is 0 Å². The van der Waals surface area contributed by atoms with Crippen LogP contribution >= 0.6 is 16.5 Å². The second kappa shape index (κ2) is 13.1. The van der Waals surface area contributed by atoms with Crippen molar-refractivity contribution in [1.29, 1.82) is 0 Å². The SMILES string of the molecule is O=[PH](O)O.O=[PH](O)O.OC=Cc1cccnc1. The highest BCUT2D eigenvalue weighted by Gasteiger charge is 1.79. The van der Waals surface area contributed by atoms with E-state index in [1.54, 1.807) is 18.5 Å². The van der Waals surface area contributed by atoms with E-state index in [0.29, 0.717) is 0 Å². The second-order valence-corrected chi connectivity index (χ2v) is 3.30. The highest BCUT2D eigenvalue weighted by molar-refractivity contribution is 7.31. The topological polar surface area (TPSA) is 148 Å². The second-order valence-electron chi connectivity index (χ2n) is 2.17. The Morgan fingerprint density at radius 2 is 1.59 bits per heavy atom. The Morgan fingerprint density at radius 3 is 1.88 bits per heavy atom. The van der Waals surface area contributed by atoms with Crippen LogP contribution in [0.15, 0.2) is 30.8 Å². The fraction of sp³-hybridized carbons (Fsp3) is 0. The largest absolute Gasteiger partial charge is 0.516 e. The van der Waals surface area contributed by atoms with E-state index in [1.807, 2.05) is 12.1 Å². The van der Waals surface area contributed by atoms with Crippen LogP contribution in [0.5, 0.6) is 0 Å². The molecular weight excluding hydrogens is 272 g/mol. The van der Waals surface area contributed by atoms with Gasteiger partial charge in [0.15, 0.2) is 0 Å². The summed E-state index contributed by atoms with van der Waals surface area (Å²) in [5, 5.41) is 8.31. The van der Waals surface area contributed by atoms with Crippen molar-refractivity contribution in [3.8, 4) is 0 Å². The first-order valence-electron chi connectivity index (χ1n) is 3.94. The van der Waals surface area contributed by atoms with Crippen molar-refractivity contribution in [2.45, 2.75) is 0 Å². The van der Waals surface area contributed by atoms with Crippen molar-refractivity contribution in [1.82, 2.24) is 4.98 Å². The lowest BCUT2D eigenvalue weighted by atomic mass is 10.3. The van der Waals surface area contributed by atoms with Gasteiger partial charge in [0.05, 0.1) is 6.26 Å². The predicted octanol–water partition coefficient (Wildman–Crippen LogP) is 0.332. The molecule has 0 atom stereocenters. The maximum atomic E-state index is 8.74. The number of hydrogen-bond donors (Lipinski definition) is 5. The molecule has 0 spiro atoms. The predicted molar refractivity (Wildman–Crippen MR) is 62.8 cm³/mol. The third kappa shape index (κ3) is 25.3. The van der Waals surface area contributed by atoms with Gasteiger partial charge >= 0.3 is 16.5 Å². The third-order valence-corrected chi connectivity index (χ3v) is 0.951. The first-order chi connectivity index (χ1) is 7.90. The minimum Gasteiger partial charge on any atom is -0.516 e. The summed E-state index contributed by atoms with van der Waals surface area (Å²) in [5.41, 5.74) is 0.903. The van der Waals surface area contributed by atoms with Crippen LogP contribution in [0.1, 0.15) is 5.56 Å².